The number of nitrogens with one attached hydrogen (secondary N) is 2. The predicted octanol–water partition coefficient (Wildman–Crippen LogP) is 6.25. The van der Waals surface area contributed by atoms with Gasteiger partial charge in [-0.3, -0.25) is 14.9 Å². The second-order valence-corrected chi connectivity index (χ2v) is 10.8. The van der Waals surface area contributed by atoms with Crippen LogP contribution in [0, 0.1) is 24.1 Å². The van der Waals surface area contributed by atoms with E-state index in [2.05, 4.69) is 10.4 Å². The van der Waals surface area contributed by atoms with Crippen LogP contribution in [-0.4, -0.2) is 39.8 Å². The molecular weight excluding hydrogens is 526 g/mol. The van der Waals surface area contributed by atoms with Gasteiger partial charge in [0.15, 0.2) is 5.69 Å². The normalized spacial score (nSPS) is 16.4. The average molecular weight is 558 g/mol. The van der Waals surface area contributed by atoms with E-state index in [-0.39, 0.29) is 53.1 Å². The lowest BCUT2D eigenvalue weighted by Gasteiger charge is -2.21. The Morgan fingerprint density at radius 2 is 1.95 bits per heavy atom. The summed E-state index contributed by atoms with van der Waals surface area (Å²) >= 11 is 0. The maximum Gasteiger partial charge on any atom is 0.435 e. The Morgan fingerprint density at radius 3 is 2.55 bits per heavy atom. The molecule has 212 valence electrons. The maximum absolute atomic E-state index is 14.0. The van der Waals surface area contributed by atoms with Gasteiger partial charge >= 0.3 is 6.18 Å². The lowest BCUT2D eigenvalue weighted by atomic mass is 9.97. The number of amidine groups is 1. The van der Waals surface area contributed by atoms with Crippen molar-refractivity contribution in [2.24, 2.45) is 5.92 Å². The van der Waals surface area contributed by atoms with Gasteiger partial charge in [-0.1, -0.05) is 12.1 Å². The van der Waals surface area contributed by atoms with Crippen LogP contribution in [0.25, 0.3) is 11.1 Å². The average Bonchev–Trinajstić information content (AvgIpc) is 3.48. The lowest BCUT2D eigenvalue weighted by Crippen LogP contribution is -2.30. The van der Waals surface area contributed by atoms with Gasteiger partial charge in [-0.15, -0.1) is 0 Å². The van der Waals surface area contributed by atoms with E-state index < -0.39 is 17.8 Å². The van der Waals surface area contributed by atoms with Crippen LogP contribution < -0.4 is 5.32 Å². The molecular formula is C29H31F4N5O2. The largest absolute Gasteiger partial charge is 0.463 e. The molecule has 2 N–H and O–H groups in total. The van der Waals surface area contributed by atoms with Gasteiger partial charge in [0.1, 0.15) is 12.4 Å². The van der Waals surface area contributed by atoms with Crippen molar-refractivity contribution in [2.75, 3.05) is 13.2 Å². The van der Waals surface area contributed by atoms with E-state index >= 15 is 0 Å². The lowest BCUT2D eigenvalue weighted by molar-refractivity contribution is -0.141. The second kappa shape index (κ2) is 10.6. The standard InChI is InChI=1S/C29H31F4N5O2/c1-16(2)38-15-23(26(36-38)29(31,32)33)21-11-18(14-37-8-9-40-28(37)34)12-22(13-21)27(39)35-25(19-4-5-19)20-6-7-24(30)17(3)10-20/h6-7,10-13,15-16,19,25,34H,4-5,8-9,14H2,1-3H3,(H,35,39)/t25-/m0/s1. The summed E-state index contributed by atoms with van der Waals surface area (Å²) in [4.78, 5) is 15.3. The van der Waals surface area contributed by atoms with E-state index in [0.717, 1.165) is 18.4 Å². The van der Waals surface area contributed by atoms with E-state index in [4.69, 9.17) is 10.1 Å². The molecule has 3 aromatic rings. The Kier molecular flexibility index (Phi) is 7.32. The molecule has 7 nitrogen and oxygen atoms in total. The fourth-order valence-corrected chi connectivity index (χ4v) is 4.95. The molecule has 0 unspecified atom stereocenters. The Balaban J connectivity index is 1.54. The van der Waals surface area contributed by atoms with E-state index in [1.807, 2.05) is 0 Å². The smallest absolute Gasteiger partial charge is 0.435 e. The van der Waals surface area contributed by atoms with E-state index in [0.29, 0.717) is 24.3 Å². The molecule has 0 spiro atoms. The number of nitrogens with zero attached hydrogens (tertiary/aromatic N) is 3. The minimum atomic E-state index is -4.70. The van der Waals surface area contributed by atoms with Gasteiger partial charge in [-0.05, 0) is 86.1 Å². The quantitative estimate of drug-likeness (QED) is 0.321. The van der Waals surface area contributed by atoms with Crippen molar-refractivity contribution in [3.8, 4) is 11.1 Å². The number of aryl methyl sites for hydroxylation is 1. The van der Waals surface area contributed by atoms with Crippen molar-refractivity contribution >= 4 is 11.9 Å². The number of carbonyl (C=O) groups excluding carboxylic acids is 1. The number of hydrogen-bond acceptors (Lipinski definition) is 4. The molecule has 2 aromatic carbocycles. The van der Waals surface area contributed by atoms with Crippen molar-refractivity contribution in [1.29, 1.82) is 5.41 Å². The van der Waals surface area contributed by atoms with Crippen LogP contribution in [0.2, 0.25) is 0 Å². The summed E-state index contributed by atoms with van der Waals surface area (Å²) in [7, 11) is 0. The van der Waals surface area contributed by atoms with Crippen molar-refractivity contribution < 1.29 is 27.1 Å². The van der Waals surface area contributed by atoms with Crippen LogP contribution in [0.1, 0.15) is 71.5 Å². The highest BCUT2D eigenvalue weighted by Gasteiger charge is 2.38. The van der Waals surface area contributed by atoms with E-state index in [1.54, 1.807) is 49.9 Å². The molecule has 1 atom stereocenters. The number of hydrogen-bond donors (Lipinski definition) is 2. The first-order valence-corrected chi connectivity index (χ1v) is 13.2. The summed E-state index contributed by atoms with van der Waals surface area (Å²) in [5, 5.41) is 14.8. The van der Waals surface area contributed by atoms with Crippen molar-refractivity contribution in [2.45, 2.75) is 58.4 Å². The summed E-state index contributed by atoms with van der Waals surface area (Å²) in [5.41, 5.74) is 1.05. The highest BCUT2D eigenvalue weighted by Crippen LogP contribution is 2.42. The highest BCUT2D eigenvalue weighted by atomic mass is 19.4. The zero-order chi connectivity index (χ0) is 28.8. The van der Waals surface area contributed by atoms with Gasteiger partial charge in [-0.2, -0.15) is 18.3 Å². The summed E-state index contributed by atoms with van der Waals surface area (Å²) in [6.45, 7) is 6.12. The van der Waals surface area contributed by atoms with E-state index in [9.17, 15) is 22.4 Å². The number of aromatic nitrogens is 2. The van der Waals surface area contributed by atoms with Crippen LogP contribution in [0.5, 0.6) is 0 Å². The number of halogens is 4. The molecule has 0 bridgehead atoms. The van der Waals surface area contributed by atoms with Crippen LogP contribution in [-0.2, 0) is 17.5 Å². The molecule has 1 saturated carbocycles. The molecule has 5 rings (SSSR count). The van der Waals surface area contributed by atoms with Gasteiger partial charge < -0.3 is 15.0 Å². The molecule has 1 aliphatic heterocycles. The van der Waals surface area contributed by atoms with Gasteiger partial charge in [0, 0.05) is 29.9 Å². The zero-order valence-corrected chi connectivity index (χ0v) is 22.5. The number of ether oxygens (including phenoxy) is 1. The number of benzene rings is 2. The third-order valence-corrected chi connectivity index (χ3v) is 7.28. The monoisotopic (exact) mass is 557 g/mol. The third kappa shape index (κ3) is 5.83. The summed E-state index contributed by atoms with van der Waals surface area (Å²) in [5.74, 6) is -0.583. The van der Waals surface area contributed by atoms with Gasteiger partial charge in [0.05, 0.1) is 12.6 Å². The zero-order valence-electron chi connectivity index (χ0n) is 22.5. The number of carbonyl (C=O) groups is 1. The topological polar surface area (TPSA) is 83.2 Å². The Labute approximate surface area is 229 Å². The van der Waals surface area contributed by atoms with Crippen molar-refractivity contribution in [1.82, 2.24) is 20.0 Å². The van der Waals surface area contributed by atoms with Gasteiger partial charge in [0.2, 0.25) is 0 Å². The molecule has 0 radical (unpaired) electrons. The molecule has 2 aliphatic rings. The Hall–Kier alpha value is -3.89. The first-order chi connectivity index (χ1) is 18.9. The summed E-state index contributed by atoms with van der Waals surface area (Å²) in [6, 6.07) is 8.74. The first kappa shape index (κ1) is 27.7. The SMILES string of the molecule is Cc1cc([C@@H](NC(=O)c2cc(CN3CCOC3=N)cc(-c3cn(C(C)C)nc3C(F)(F)F)c2)C2CC2)ccc1F. The fourth-order valence-electron chi connectivity index (χ4n) is 4.95. The molecule has 2 heterocycles. The number of amides is 1. The third-order valence-electron chi connectivity index (χ3n) is 7.28. The van der Waals surface area contributed by atoms with Crippen molar-refractivity contribution in [3.63, 3.8) is 0 Å². The molecule has 1 saturated heterocycles. The number of alkyl halides is 3. The molecule has 1 aromatic heterocycles. The van der Waals surface area contributed by atoms with Gasteiger partial charge in [0.25, 0.3) is 11.9 Å². The highest BCUT2D eigenvalue weighted by molar-refractivity contribution is 5.96. The Morgan fingerprint density at radius 1 is 1.20 bits per heavy atom. The van der Waals surface area contributed by atoms with Crippen LogP contribution in [0.4, 0.5) is 17.6 Å². The predicted molar refractivity (Wildman–Crippen MR) is 141 cm³/mol. The van der Waals surface area contributed by atoms with Crippen LogP contribution in [0.3, 0.4) is 0 Å². The fraction of sp³-hybridized carbons (Fsp3) is 0.414. The van der Waals surface area contributed by atoms with Crippen LogP contribution >= 0.6 is 0 Å². The number of rotatable bonds is 8. The molecule has 1 amide bonds. The van der Waals surface area contributed by atoms with Gasteiger partial charge in [-0.25, -0.2) is 4.39 Å². The second-order valence-electron chi connectivity index (χ2n) is 10.8. The molecule has 40 heavy (non-hydrogen) atoms. The van der Waals surface area contributed by atoms with E-state index in [1.165, 1.54) is 23.0 Å². The Bertz CT molecular complexity index is 1440. The van der Waals surface area contributed by atoms with Crippen molar-refractivity contribution in [3.05, 3.63) is 76.4 Å². The van der Waals surface area contributed by atoms with Crippen LogP contribution in [0.15, 0.2) is 42.6 Å². The summed E-state index contributed by atoms with van der Waals surface area (Å²) < 4.78 is 62.5. The first-order valence-electron chi connectivity index (χ1n) is 13.2. The molecule has 1 aliphatic carbocycles. The maximum atomic E-state index is 14.0. The molecule has 2 fully saturated rings. The molecule has 11 heteroatoms. The summed E-state index contributed by atoms with van der Waals surface area (Å²) in [6.07, 6.45) is -1.53. The minimum Gasteiger partial charge on any atom is -0.463 e. The minimum absolute atomic E-state index is 0.0273.